The van der Waals surface area contributed by atoms with Gasteiger partial charge in [-0.15, -0.1) is 0 Å². The molecule has 0 unspecified atom stereocenters. The van der Waals surface area contributed by atoms with Crippen molar-refractivity contribution in [2.45, 2.75) is 6.54 Å². The average Bonchev–Trinajstić information content (AvgIpc) is 2.64. The second-order valence-corrected chi connectivity index (χ2v) is 7.14. The third kappa shape index (κ3) is 3.63. The van der Waals surface area contributed by atoms with Crippen molar-refractivity contribution >= 4 is 28.3 Å². The number of benzene rings is 2. The molecule has 1 saturated heterocycles. The number of hydrogen-bond donors (Lipinski definition) is 1. The van der Waals surface area contributed by atoms with Gasteiger partial charge < -0.3 is 19.3 Å². The molecule has 1 aromatic heterocycles. The zero-order valence-corrected chi connectivity index (χ0v) is 15.3. The minimum atomic E-state index is -0.483. The molecule has 27 heavy (non-hydrogen) atoms. The first kappa shape index (κ1) is 17.8. The first-order chi connectivity index (χ1) is 13.0. The van der Waals surface area contributed by atoms with Gasteiger partial charge in [0.1, 0.15) is 17.9 Å². The Kier molecular flexibility index (Phi) is 4.76. The molecule has 4 rings (SSSR count). The molecule has 140 valence electrons. The molecule has 2 aromatic carbocycles. The molecule has 0 radical (unpaired) electrons. The number of anilines is 1. The van der Waals surface area contributed by atoms with Crippen LogP contribution in [0.15, 0.2) is 51.7 Å². The quantitative estimate of drug-likeness (QED) is 0.692. The van der Waals surface area contributed by atoms with E-state index < -0.39 is 5.63 Å². The monoisotopic (exact) mass is 388 g/mol. The first-order valence-corrected chi connectivity index (χ1v) is 9.15. The molecule has 5 nitrogen and oxygen atoms in total. The lowest BCUT2D eigenvalue weighted by Gasteiger charge is -2.34. The number of piperazine rings is 1. The van der Waals surface area contributed by atoms with Crippen LogP contribution in [0, 0.1) is 5.82 Å². The van der Waals surface area contributed by atoms with Crippen molar-refractivity contribution in [3.63, 3.8) is 0 Å². The molecule has 1 N–H and O–H groups in total. The first-order valence-electron chi connectivity index (χ1n) is 8.77. The lowest BCUT2D eigenvalue weighted by molar-refractivity contribution is -0.914. The SMILES string of the molecule is O=c1cc(C[NH+]2CCN(c3ccccc3F)CC2)c2cc(Cl)c([O-])cc2o1. The van der Waals surface area contributed by atoms with E-state index in [0.717, 1.165) is 31.7 Å². The van der Waals surface area contributed by atoms with E-state index in [0.29, 0.717) is 17.6 Å². The van der Waals surface area contributed by atoms with Crippen LogP contribution in [0.4, 0.5) is 10.1 Å². The Labute approximate surface area is 160 Å². The molecule has 0 atom stereocenters. The molecule has 1 aliphatic rings. The fourth-order valence-electron chi connectivity index (χ4n) is 3.59. The largest absolute Gasteiger partial charge is 0.871 e. The van der Waals surface area contributed by atoms with E-state index in [-0.39, 0.29) is 22.2 Å². The van der Waals surface area contributed by atoms with E-state index in [4.69, 9.17) is 16.0 Å². The van der Waals surface area contributed by atoms with Gasteiger partial charge in [0, 0.05) is 22.0 Å². The molecule has 2 heterocycles. The van der Waals surface area contributed by atoms with Gasteiger partial charge in [0.05, 0.1) is 31.9 Å². The molecule has 0 spiro atoms. The maximum Gasteiger partial charge on any atom is 0.336 e. The fraction of sp³-hybridized carbons (Fsp3) is 0.250. The standard InChI is InChI=1S/C20H18ClFN2O3/c21-15-10-14-13(9-20(26)27-19(14)11-18(15)25)12-23-5-7-24(8-6-23)17-4-2-1-3-16(17)22/h1-4,9-11,25H,5-8,12H2. The molecule has 3 aromatic rings. The Bertz CT molecular complexity index is 1050. The van der Waals surface area contributed by atoms with Gasteiger partial charge in [-0.1, -0.05) is 29.5 Å². The highest BCUT2D eigenvalue weighted by Gasteiger charge is 2.23. The summed E-state index contributed by atoms with van der Waals surface area (Å²) in [7, 11) is 0. The molecule has 0 saturated carbocycles. The van der Waals surface area contributed by atoms with E-state index in [9.17, 15) is 14.3 Å². The Morgan fingerprint density at radius 2 is 1.93 bits per heavy atom. The summed E-state index contributed by atoms with van der Waals surface area (Å²) < 4.78 is 19.1. The van der Waals surface area contributed by atoms with Gasteiger partial charge in [-0.25, -0.2) is 9.18 Å². The van der Waals surface area contributed by atoms with E-state index in [1.54, 1.807) is 18.2 Å². The van der Waals surface area contributed by atoms with Crippen LogP contribution in [-0.2, 0) is 6.54 Å². The van der Waals surface area contributed by atoms with Gasteiger partial charge in [-0.3, -0.25) is 0 Å². The van der Waals surface area contributed by atoms with Crippen molar-refractivity contribution in [1.29, 1.82) is 0 Å². The molecule has 1 aliphatic heterocycles. The molecule has 0 aliphatic carbocycles. The number of fused-ring (bicyclic) bond motifs is 1. The molecule has 1 fully saturated rings. The van der Waals surface area contributed by atoms with Crippen molar-refractivity contribution in [3.05, 3.63) is 69.3 Å². The van der Waals surface area contributed by atoms with Gasteiger partial charge >= 0.3 is 5.63 Å². The zero-order valence-electron chi connectivity index (χ0n) is 14.5. The van der Waals surface area contributed by atoms with Crippen molar-refractivity contribution < 1.29 is 18.8 Å². The summed E-state index contributed by atoms with van der Waals surface area (Å²) in [6, 6.07) is 11.1. The maximum atomic E-state index is 14.0. The number of rotatable bonds is 3. The minimum absolute atomic E-state index is 0.108. The van der Waals surface area contributed by atoms with Crippen molar-refractivity contribution in [2.24, 2.45) is 0 Å². The lowest BCUT2D eigenvalue weighted by atomic mass is 10.1. The normalized spacial score (nSPS) is 15.4. The fourth-order valence-corrected chi connectivity index (χ4v) is 3.76. The van der Waals surface area contributed by atoms with Gasteiger partial charge in [0.15, 0.2) is 0 Å². The third-order valence-corrected chi connectivity index (χ3v) is 5.28. The van der Waals surface area contributed by atoms with Crippen LogP contribution >= 0.6 is 11.6 Å². The number of hydrogen-bond acceptors (Lipinski definition) is 4. The summed E-state index contributed by atoms with van der Waals surface area (Å²) in [5.41, 5.74) is 1.20. The Morgan fingerprint density at radius 1 is 1.19 bits per heavy atom. The lowest BCUT2D eigenvalue weighted by Crippen LogP contribution is -3.13. The molecule has 0 bridgehead atoms. The van der Waals surface area contributed by atoms with E-state index in [1.165, 1.54) is 23.1 Å². The summed E-state index contributed by atoms with van der Waals surface area (Å²) in [5.74, 6) is -0.578. The highest BCUT2D eigenvalue weighted by atomic mass is 35.5. The summed E-state index contributed by atoms with van der Waals surface area (Å²) >= 11 is 5.96. The van der Waals surface area contributed by atoms with Crippen molar-refractivity contribution in [3.8, 4) is 5.75 Å². The topological polar surface area (TPSA) is 61.0 Å². The number of halogens is 2. The Morgan fingerprint density at radius 3 is 2.67 bits per heavy atom. The molecule has 0 amide bonds. The minimum Gasteiger partial charge on any atom is -0.871 e. The van der Waals surface area contributed by atoms with E-state index in [2.05, 4.69) is 0 Å². The highest BCUT2D eigenvalue weighted by molar-refractivity contribution is 6.32. The Balaban J connectivity index is 1.53. The number of quaternary nitrogens is 1. The van der Waals surface area contributed by atoms with E-state index in [1.807, 2.05) is 11.0 Å². The Hall–Kier alpha value is -2.57. The van der Waals surface area contributed by atoms with Gasteiger partial charge in [0.25, 0.3) is 0 Å². The number of para-hydroxylation sites is 1. The van der Waals surface area contributed by atoms with Crippen molar-refractivity contribution in [1.82, 2.24) is 0 Å². The molecular formula is C20H18ClFN2O3. The van der Waals surface area contributed by atoms with Gasteiger partial charge in [-0.2, -0.15) is 0 Å². The van der Waals surface area contributed by atoms with Crippen LogP contribution in [0.5, 0.6) is 5.75 Å². The van der Waals surface area contributed by atoms with E-state index >= 15 is 0 Å². The predicted octanol–water partition coefficient (Wildman–Crippen LogP) is 1.56. The molecule has 7 heteroatoms. The van der Waals surface area contributed by atoms with Crippen LogP contribution in [0.25, 0.3) is 11.0 Å². The van der Waals surface area contributed by atoms with Crippen molar-refractivity contribution in [2.75, 3.05) is 31.1 Å². The number of nitrogens with one attached hydrogen (secondary N) is 1. The predicted molar refractivity (Wildman–Crippen MR) is 100.0 cm³/mol. The summed E-state index contributed by atoms with van der Waals surface area (Å²) in [4.78, 5) is 15.2. The smallest absolute Gasteiger partial charge is 0.336 e. The van der Waals surface area contributed by atoms with Gasteiger partial charge in [0.2, 0.25) is 0 Å². The second-order valence-electron chi connectivity index (χ2n) is 6.73. The number of nitrogens with zero attached hydrogens (tertiary/aromatic N) is 1. The summed E-state index contributed by atoms with van der Waals surface area (Å²) in [6.07, 6.45) is 0. The van der Waals surface area contributed by atoms with Crippen LogP contribution in [-0.4, -0.2) is 26.2 Å². The van der Waals surface area contributed by atoms with Crippen LogP contribution in [0.2, 0.25) is 5.02 Å². The van der Waals surface area contributed by atoms with Gasteiger partial charge in [-0.05, 0) is 24.3 Å². The zero-order chi connectivity index (χ0) is 19.0. The van der Waals surface area contributed by atoms with Crippen LogP contribution in [0.3, 0.4) is 0 Å². The van der Waals surface area contributed by atoms with Crippen LogP contribution < -0.4 is 20.5 Å². The average molecular weight is 389 g/mol. The second kappa shape index (κ2) is 7.21. The third-order valence-electron chi connectivity index (χ3n) is 4.99. The highest BCUT2D eigenvalue weighted by Crippen LogP contribution is 2.28. The van der Waals surface area contributed by atoms with Crippen LogP contribution in [0.1, 0.15) is 5.56 Å². The molecular weight excluding hydrogens is 371 g/mol. The summed E-state index contributed by atoms with van der Waals surface area (Å²) in [5, 5.41) is 12.5. The summed E-state index contributed by atoms with van der Waals surface area (Å²) in [6.45, 7) is 3.68. The maximum absolute atomic E-state index is 14.0.